The van der Waals surface area contributed by atoms with Crippen molar-refractivity contribution in [2.75, 3.05) is 7.05 Å². The molecule has 0 bridgehead atoms. The topological polar surface area (TPSA) is 12.0 Å². The van der Waals surface area contributed by atoms with Crippen molar-refractivity contribution in [3.05, 3.63) is 0 Å². The van der Waals surface area contributed by atoms with Gasteiger partial charge in [-0.2, -0.15) is 0 Å². The summed E-state index contributed by atoms with van der Waals surface area (Å²) in [6.07, 6.45) is 7.20. The van der Waals surface area contributed by atoms with E-state index in [-0.39, 0.29) is 0 Å². The van der Waals surface area contributed by atoms with Crippen molar-refractivity contribution >= 4 is 0 Å². The van der Waals surface area contributed by atoms with Crippen LogP contribution in [0.5, 0.6) is 0 Å². The Balaban J connectivity index is 2.46. The fraction of sp³-hybridized carbons (Fsp3) is 1.00. The quantitative estimate of drug-likeness (QED) is 0.685. The fourth-order valence-corrected chi connectivity index (χ4v) is 2.62. The molecule has 1 saturated carbocycles. The molecule has 1 N–H and O–H groups in total. The molecule has 0 saturated heterocycles. The molecule has 0 aromatic rings. The lowest BCUT2D eigenvalue weighted by Gasteiger charge is -2.35. The first-order chi connectivity index (χ1) is 5.79. The molecule has 1 fully saturated rings. The Kier molecular flexibility index (Phi) is 4.07. The van der Waals surface area contributed by atoms with Crippen molar-refractivity contribution in [1.82, 2.24) is 5.32 Å². The molecule has 1 heteroatoms. The lowest BCUT2D eigenvalue weighted by molar-refractivity contribution is 0.188. The Bertz CT molecular complexity index is 122. The summed E-state index contributed by atoms with van der Waals surface area (Å²) in [6.45, 7) is 4.67. The first-order valence-corrected chi connectivity index (χ1v) is 5.46. The molecule has 0 spiro atoms. The van der Waals surface area contributed by atoms with E-state index >= 15 is 0 Å². The molecule has 0 aromatic carbocycles. The fourth-order valence-electron chi connectivity index (χ4n) is 2.62. The average molecular weight is 169 g/mol. The first kappa shape index (κ1) is 10.0. The monoisotopic (exact) mass is 169 g/mol. The van der Waals surface area contributed by atoms with Crippen LogP contribution in [0.4, 0.5) is 0 Å². The van der Waals surface area contributed by atoms with E-state index in [0.717, 1.165) is 17.9 Å². The highest BCUT2D eigenvalue weighted by molar-refractivity contribution is 4.81. The molecular weight excluding hydrogens is 146 g/mol. The van der Waals surface area contributed by atoms with E-state index in [4.69, 9.17) is 0 Å². The molecule has 1 nitrogen and oxygen atoms in total. The van der Waals surface area contributed by atoms with Crippen molar-refractivity contribution in [2.24, 2.45) is 11.8 Å². The maximum absolute atomic E-state index is 3.40. The molecule has 1 rings (SSSR count). The molecule has 0 radical (unpaired) electrons. The summed E-state index contributed by atoms with van der Waals surface area (Å²) in [6, 6.07) is 0.718. The van der Waals surface area contributed by atoms with Crippen LogP contribution in [0.1, 0.15) is 46.0 Å². The van der Waals surface area contributed by atoms with E-state index in [2.05, 4.69) is 26.2 Å². The van der Waals surface area contributed by atoms with Gasteiger partial charge < -0.3 is 5.32 Å². The standard InChI is InChI=1S/C11H23N/c1-4-10-7-5-6-8-11(10)9(2)12-3/h9-12H,4-8H2,1-3H3. The van der Waals surface area contributed by atoms with E-state index in [1.165, 1.54) is 32.1 Å². The molecule has 3 atom stereocenters. The van der Waals surface area contributed by atoms with Gasteiger partial charge in [-0.05, 0) is 32.2 Å². The lowest BCUT2D eigenvalue weighted by Crippen LogP contribution is -2.36. The van der Waals surface area contributed by atoms with E-state index in [1.54, 1.807) is 0 Å². The van der Waals surface area contributed by atoms with Crippen LogP contribution in [0.25, 0.3) is 0 Å². The zero-order valence-corrected chi connectivity index (χ0v) is 8.77. The predicted octanol–water partition coefficient (Wildman–Crippen LogP) is 2.81. The van der Waals surface area contributed by atoms with Gasteiger partial charge in [0, 0.05) is 6.04 Å². The van der Waals surface area contributed by atoms with Crippen LogP contribution in [0.3, 0.4) is 0 Å². The number of nitrogens with one attached hydrogen (secondary N) is 1. The van der Waals surface area contributed by atoms with E-state index in [9.17, 15) is 0 Å². The SMILES string of the molecule is CCC1CCCCC1C(C)NC. The van der Waals surface area contributed by atoms with Crippen LogP contribution in [0.2, 0.25) is 0 Å². The molecule has 3 unspecified atom stereocenters. The Morgan fingerprint density at radius 2 is 2.00 bits per heavy atom. The van der Waals surface area contributed by atoms with Crippen LogP contribution in [-0.2, 0) is 0 Å². The summed E-state index contributed by atoms with van der Waals surface area (Å²) >= 11 is 0. The molecule has 0 amide bonds. The molecular formula is C11H23N. The molecule has 1 aliphatic rings. The molecule has 1 aliphatic carbocycles. The van der Waals surface area contributed by atoms with Gasteiger partial charge in [-0.3, -0.25) is 0 Å². The molecule has 72 valence electrons. The zero-order chi connectivity index (χ0) is 8.97. The van der Waals surface area contributed by atoms with Gasteiger partial charge in [-0.1, -0.05) is 32.6 Å². The van der Waals surface area contributed by atoms with E-state index < -0.39 is 0 Å². The summed E-state index contributed by atoms with van der Waals surface area (Å²) in [7, 11) is 2.09. The molecule has 0 aromatic heterocycles. The van der Waals surface area contributed by atoms with Gasteiger partial charge in [0.05, 0.1) is 0 Å². The highest BCUT2D eigenvalue weighted by Gasteiger charge is 2.27. The van der Waals surface area contributed by atoms with Crippen LogP contribution < -0.4 is 5.32 Å². The first-order valence-electron chi connectivity index (χ1n) is 5.46. The Morgan fingerprint density at radius 3 is 2.58 bits per heavy atom. The summed E-state index contributed by atoms with van der Waals surface area (Å²) in [5.41, 5.74) is 0. The van der Waals surface area contributed by atoms with Crippen molar-refractivity contribution in [2.45, 2.75) is 52.0 Å². The van der Waals surface area contributed by atoms with Crippen LogP contribution >= 0.6 is 0 Å². The van der Waals surface area contributed by atoms with Gasteiger partial charge in [0.15, 0.2) is 0 Å². The Morgan fingerprint density at radius 1 is 1.33 bits per heavy atom. The van der Waals surface area contributed by atoms with Crippen molar-refractivity contribution < 1.29 is 0 Å². The van der Waals surface area contributed by atoms with E-state index in [0.29, 0.717) is 0 Å². The summed E-state index contributed by atoms with van der Waals surface area (Å²) in [5.74, 6) is 1.93. The van der Waals surface area contributed by atoms with Gasteiger partial charge >= 0.3 is 0 Å². The van der Waals surface area contributed by atoms with Crippen LogP contribution in [0.15, 0.2) is 0 Å². The second-order valence-corrected chi connectivity index (χ2v) is 4.19. The second-order valence-electron chi connectivity index (χ2n) is 4.19. The highest BCUT2D eigenvalue weighted by atomic mass is 14.9. The number of hydrogen-bond acceptors (Lipinski definition) is 1. The van der Waals surface area contributed by atoms with Gasteiger partial charge in [0.1, 0.15) is 0 Å². The Hall–Kier alpha value is -0.0400. The summed E-state index contributed by atoms with van der Waals surface area (Å²) < 4.78 is 0. The van der Waals surface area contributed by atoms with Gasteiger partial charge in [0.25, 0.3) is 0 Å². The van der Waals surface area contributed by atoms with Crippen LogP contribution in [-0.4, -0.2) is 13.1 Å². The smallest absolute Gasteiger partial charge is 0.00666 e. The number of rotatable bonds is 3. The number of hydrogen-bond donors (Lipinski definition) is 1. The average Bonchev–Trinajstić information content (AvgIpc) is 2.16. The van der Waals surface area contributed by atoms with Crippen molar-refractivity contribution in [3.8, 4) is 0 Å². The molecule has 0 heterocycles. The summed E-state index contributed by atoms with van der Waals surface area (Å²) in [5, 5.41) is 3.40. The van der Waals surface area contributed by atoms with Crippen molar-refractivity contribution in [1.29, 1.82) is 0 Å². The highest BCUT2D eigenvalue weighted by Crippen LogP contribution is 2.34. The third-order valence-corrected chi connectivity index (χ3v) is 3.59. The minimum atomic E-state index is 0.718. The largest absolute Gasteiger partial charge is 0.317 e. The second kappa shape index (κ2) is 4.86. The lowest BCUT2D eigenvalue weighted by atomic mass is 9.74. The maximum atomic E-state index is 3.40. The van der Waals surface area contributed by atoms with Crippen LogP contribution in [0, 0.1) is 11.8 Å². The maximum Gasteiger partial charge on any atom is 0.00666 e. The van der Waals surface area contributed by atoms with E-state index in [1.807, 2.05) is 0 Å². The summed E-state index contributed by atoms with van der Waals surface area (Å²) in [4.78, 5) is 0. The predicted molar refractivity (Wildman–Crippen MR) is 54.3 cm³/mol. The van der Waals surface area contributed by atoms with Crippen molar-refractivity contribution in [3.63, 3.8) is 0 Å². The van der Waals surface area contributed by atoms with Gasteiger partial charge in [-0.15, -0.1) is 0 Å². The minimum absolute atomic E-state index is 0.718. The third-order valence-electron chi connectivity index (χ3n) is 3.59. The van der Waals surface area contributed by atoms with Gasteiger partial charge in [-0.25, -0.2) is 0 Å². The molecule has 0 aliphatic heterocycles. The normalized spacial score (nSPS) is 33.2. The zero-order valence-electron chi connectivity index (χ0n) is 8.77. The Labute approximate surface area is 76.9 Å². The van der Waals surface area contributed by atoms with Gasteiger partial charge in [0.2, 0.25) is 0 Å². The third kappa shape index (κ3) is 2.22. The minimum Gasteiger partial charge on any atom is -0.317 e. The molecule has 12 heavy (non-hydrogen) atoms.